The van der Waals surface area contributed by atoms with Crippen molar-refractivity contribution in [3.8, 4) is 0 Å². The lowest BCUT2D eigenvalue weighted by Crippen LogP contribution is -2.52. The zero-order chi connectivity index (χ0) is 18.1. The number of piperidine rings is 1. The molecule has 2 fully saturated rings. The third-order valence-electron chi connectivity index (χ3n) is 5.67. The van der Waals surface area contributed by atoms with Crippen LogP contribution in [0.4, 0.5) is 0 Å². The Morgan fingerprint density at radius 3 is 2.40 bits per heavy atom. The first-order chi connectivity index (χ1) is 12.1. The van der Waals surface area contributed by atoms with Gasteiger partial charge in [-0.2, -0.15) is 0 Å². The molecule has 1 atom stereocenters. The van der Waals surface area contributed by atoms with Crippen molar-refractivity contribution in [1.82, 2.24) is 20.4 Å². The maximum atomic E-state index is 5.49. The van der Waals surface area contributed by atoms with E-state index in [4.69, 9.17) is 4.74 Å². The molecule has 0 spiro atoms. The van der Waals surface area contributed by atoms with Gasteiger partial charge in [-0.1, -0.05) is 13.8 Å². The van der Waals surface area contributed by atoms with E-state index in [9.17, 15) is 0 Å². The summed E-state index contributed by atoms with van der Waals surface area (Å²) in [4.78, 5) is 9.38. The molecule has 146 valence electrons. The second kappa shape index (κ2) is 11.0. The molecule has 2 heterocycles. The topological polar surface area (TPSA) is 52.1 Å². The lowest BCUT2D eigenvalue weighted by molar-refractivity contribution is 0.00752. The molecule has 0 radical (unpaired) electrons. The summed E-state index contributed by atoms with van der Waals surface area (Å²) in [6.07, 6.45) is 3.90. The monoisotopic (exact) mass is 353 g/mol. The molecule has 0 aromatic carbocycles. The first kappa shape index (κ1) is 20.5. The quantitative estimate of drug-likeness (QED) is 0.533. The van der Waals surface area contributed by atoms with Gasteiger partial charge in [0.05, 0.1) is 13.2 Å². The molecule has 0 aliphatic carbocycles. The maximum absolute atomic E-state index is 5.49. The van der Waals surface area contributed by atoms with Gasteiger partial charge in [-0.15, -0.1) is 0 Å². The summed E-state index contributed by atoms with van der Waals surface area (Å²) < 4.78 is 5.49. The van der Waals surface area contributed by atoms with Crippen molar-refractivity contribution in [3.63, 3.8) is 0 Å². The smallest absolute Gasteiger partial charge is 0.191 e. The summed E-state index contributed by atoms with van der Waals surface area (Å²) >= 11 is 0. The number of ether oxygens (including phenoxy) is 1. The average Bonchev–Trinajstić information content (AvgIpc) is 2.62. The minimum Gasteiger partial charge on any atom is -0.379 e. The maximum Gasteiger partial charge on any atom is 0.191 e. The first-order valence-corrected chi connectivity index (χ1v) is 10.0. The van der Waals surface area contributed by atoms with Crippen LogP contribution in [0.2, 0.25) is 0 Å². The van der Waals surface area contributed by atoms with E-state index in [-0.39, 0.29) is 0 Å². The van der Waals surface area contributed by atoms with Crippen LogP contribution in [0, 0.1) is 11.8 Å². The van der Waals surface area contributed by atoms with E-state index in [0.29, 0.717) is 12.0 Å². The number of likely N-dealkylation sites (tertiary alicyclic amines) is 1. The summed E-state index contributed by atoms with van der Waals surface area (Å²) in [5.74, 6) is 2.41. The Hall–Kier alpha value is -0.850. The molecule has 2 aliphatic rings. The normalized spacial score (nSPS) is 23.0. The van der Waals surface area contributed by atoms with Crippen LogP contribution in [-0.4, -0.2) is 88.4 Å². The summed E-state index contributed by atoms with van der Waals surface area (Å²) in [5, 5.41) is 7.05. The Balaban J connectivity index is 1.69. The third kappa shape index (κ3) is 7.12. The SMILES string of the molecule is CN=C(NCCC1CCN(C)CC1)NCC(C(C)C)N1CCOCC1. The Bertz CT molecular complexity index is 387. The Labute approximate surface area is 154 Å². The van der Waals surface area contributed by atoms with E-state index in [1.807, 2.05) is 7.05 Å². The predicted molar refractivity (Wildman–Crippen MR) is 105 cm³/mol. The van der Waals surface area contributed by atoms with E-state index in [1.54, 1.807) is 0 Å². The van der Waals surface area contributed by atoms with Gasteiger partial charge in [0.25, 0.3) is 0 Å². The molecule has 2 rings (SSSR count). The van der Waals surface area contributed by atoms with Crippen molar-refractivity contribution in [2.75, 3.05) is 66.6 Å². The van der Waals surface area contributed by atoms with Crippen LogP contribution in [0.15, 0.2) is 4.99 Å². The zero-order valence-electron chi connectivity index (χ0n) is 16.8. The number of hydrogen-bond acceptors (Lipinski definition) is 4. The van der Waals surface area contributed by atoms with Gasteiger partial charge in [-0.25, -0.2) is 0 Å². The highest BCUT2D eigenvalue weighted by molar-refractivity contribution is 5.79. The molecule has 0 amide bonds. The summed E-state index contributed by atoms with van der Waals surface area (Å²) in [6.45, 7) is 12.8. The van der Waals surface area contributed by atoms with E-state index in [1.165, 1.54) is 32.4 Å². The Kier molecular flexibility index (Phi) is 8.99. The lowest BCUT2D eigenvalue weighted by atomic mass is 9.94. The van der Waals surface area contributed by atoms with Gasteiger partial charge >= 0.3 is 0 Å². The number of aliphatic imine (C=N–C) groups is 1. The van der Waals surface area contributed by atoms with Gasteiger partial charge in [0.2, 0.25) is 0 Å². The molecule has 25 heavy (non-hydrogen) atoms. The van der Waals surface area contributed by atoms with Gasteiger partial charge in [0, 0.05) is 39.3 Å². The fraction of sp³-hybridized carbons (Fsp3) is 0.947. The van der Waals surface area contributed by atoms with Crippen molar-refractivity contribution in [2.24, 2.45) is 16.8 Å². The number of nitrogens with one attached hydrogen (secondary N) is 2. The number of nitrogens with zero attached hydrogens (tertiary/aromatic N) is 3. The summed E-state index contributed by atoms with van der Waals surface area (Å²) in [6, 6.07) is 0.524. The fourth-order valence-electron chi connectivity index (χ4n) is 3.86. The molecule has 2 N–H and O–H groups in total. The van der Waals surface area contributed by atoms with E-state index < -0.39 is 0 Å². The molecule has 0 aromatic heterocycles. The van der Waals surface area contributed by atoms with Crippen LogP contribution in [0.1, 0.15) is 33.1 Å². The molecule has 6 nitrogen and oxygen atoms in total. The second-order valence-electron chi connectivity index (χ2n) is 7.87. The zero-order valence-corrected chi connectivity index (χ0v) is 16.8. The van der Waals surface area contributed by atoms with Crippen LogP contribution >= 0.6 is 0 Å². The molecular formula is C19H39N5O. The van der Waals surface area contributed by atoms with Crippen LogP contribution in [0.25, 0.3) is 0 Å². The van der Waals surface area contributed by atoms with Gasteiger partial charge < -0.3 is 20.3 Å². The summed E-state index contributed by atoms with van der Waals surface area (Å²) in [5.41, 5.74) is 0. The largest absolute Gasteiger partial charge is 0.379 e. The van der Waals surface area contributed by atoms with E-state index >= 15 is 0 Å². The molecule has 0 aromatic rings. The number of morpholine rings is 1. The number of guanidine groups is 1. The van der Waals surface area contributed by atoms with E-state index in [0.717, 1.165) is 51.3 Å². The van der Waals surface area contributed by atoms with Crippen LogP contribution in [0.5, 0.6) is 0 Å². The molecule has 2 saturated heterocycles. The highest BCUT2D eigenvalue weighted by atomic mass is 16.5. The van der Waals surface area contributed by atoms with Crippen LogP contribution in [0.3, 0.4) is 0 Å². The predicted octanol–water partition coefficient (Wildman–Crippen LogP) is 1.24. The van der Waals surface area contributed by atoms with Gasteiger partial charge in [-0.3, -0.25) is 9.89 Å². The minimum atomic E-state index is 0.524. The minimum absolute atomic E-state index is 0.524. The third-order valence-corrected chi connectivity index (χ3v) is 5.67. The van der Waals surface area contributed by atoms with Crippen LogP contribution < -0.4 is 10.6 Å². The number of hydrogen-bond donors (Lipinski definition) is 2. The molecule has 1 unspecified atom stereocenters. The molecule has 0 saturated carbocycles. The molecule has 2 aliphatic heterocycles. The van der Waals surface area contributed by atoms with Crippen molar-refractivity contribution in [3.05, 3.63) is 0 Å². The van der Waals surface area contributed by atoms with Crippen molar-refractivity contribution < 1.29 is 4.74 Å². The molecule has 0 bridgehead atoms. The van der Waals surface area contributed by atoms with Crippen molar-refractivity contribution in [1.29, 1.82) is 0 Å². The molecular weight excluding hydrogens is 314 g/mol. The molecule has 6 heteroatoms. The second-order valence-corrected chi connectivity index (χ2v) is 7.87. The summed E-state index contributed by atoms with van der Waals surface area (Å²) in [7, 11) is 4.09. The van der Waals surface area contributed by atoms with Gasteiger partial charge in [-0.05, 0) is 51.2 Å². The van der Waals surface area contributed by atoms with Crippen molar-refractivity contribution >= 4 is 5.96 Å². The van der Waals surface area contributed by atoms with Gasteiger partial charge in [0.1, 0.15) is 0 Å². The Morgan fingerprint density at radius 2 is 1.80 bits per heavy atom. The van der Waals surface area contributed by atoms with E-state index in [2.05, 4.69) is 46.3 Å². The average molecular weight is 354 g/mol. The lowest BCUT2D eigenvalue weighted by Gasteiger charge is -2.37. The first-order valence-electron chi connectivity index (χ1n) is 10.0. The number of rotatable bonds is 7. The standard InChI is InChI=1S/C19H39N5O/c1-16(2)18(24-11-13-25-14-12-24)15-22-19(20-3)21-8-5-17-6-9-23(4)10-7-17/h16-18H,5-15H2,1-4H3,(H2,20,21,22). The van der Waals surface area contributed by atoms with Crippen LogP contribution in [-0.2, 0) is 4.74 Å². The van der Waals surface area contributed by atoms with Gasteiger partial charge in [0.15, 0.2) is 5.96 Å². The highest BCUT2D eigenvalue weighted by Gasteiger charge is 2.24. The Morgan fingerprint density at radius 1 is 1.12 bits per heavy atom. The highest BCUT2D eigenvalue weighted by Crippen LogP contribution is 2.18. The van der Waals surface area contributed by atoms with Crippen molar-refractivity contribution in [2.45, 2.75) is 39.2 Å². The fourth-order valence-corrected chi connectivity index (χ4v) is 3.86.